The Morgan fingerprint density at radius 3 is 2.80 bits per heavy atom. The van der Waals surface area contributed by atoms with Gasteiger partial charge in [-0.3, -0.25) is 4.79 Å². The van der Waals surface area contributed by atoms with Crippen LogP contribution in [0, 0.1) is 19.8 Å². The molecule has 3 heteroatoms. The summed E-state index contributed by atoms with van der Waals surface area (Å²) in [5.41, 5.74) is 4.41. The fraction of sp³-hybridized carbons (Fsp3) is 0.417. The van der Waals surface area contributed by atoms with Crippen molar-refractivity contribution >= 4 is 17.3 Å². The van der Waals surface area contributed by atoms with Gasteiger partial charge in [0.05, 0.1) is 17.3 Å². The second kappa shape index (κ2) is 3.57. The maximum atomic E-state index is 11.6. The fourth-order valence-corrected chi connectivity index (χ4v) is 1.75. The third-order valence-electron chi connectivity index (χ3n) is 3.03. The molecule has 1 aromatic carbocycles. The minimum atomic E-state index is 0.0112. The van der Waals surface area contributed by atoms with E-state index in [-0.39, 0.29) is 11.8 Å². The molecule has 0 fully saturated rings. The molecular weight excluding hydrogens is 188 g/mol. The number of aryl methyl sites for hydroxylation is 1. The Balaban J connectivity index is 2.47. The fourth-order valence-electron chi connectivity index (χ4n) is 1.75. The van der Waals surface area contributed by atoms with Gasteiger partial charge in [-0.25, -0.2) is 0 Å². The second-order valence-electron chi connectivity index (χ2n) is 4.20. The molecule has 15 heavy (non-hydrogen) atoms. The van der Waals surface area contributed by atoms with Crippen LogP contribution in [0.3, 0.4) is 0 Å². The van der Waals surface area contributed by atoms with Crippen molar-refractivity contribution in [1.29, 1.82) is 0 Å². The smallest absolute Gasteiger partial charge is 0.229 e. The summed E-state index contributed by atoms with van der Waals surface area (Å²) in [6.45, 7) is 6.77. The lowest BCUT2D eigenvalue weighted by Gasteiger charge is -2.12. The van der Waals surface area contributed by atoms with Crippen LogP contribution in [0.25, 0.3) is 0 Å². The van der Waals surface area contributed by atoms with Crippen molar-refractivity contribution in [2.45, 2.75) is 20.8 Å². The maximum Gasteiger partial charge on any atom is 0.229 e. The predicted molar refractivity (Wildman–Crippen MR) is 62.2 cm³/mol. The molecule has 0 saturated heterocycles. The number of hydrogen-bond donors (Lipinski definition) is 2. The summed E-state index contributed by atoms with van der Waals surface area (Å²) >= 11 is 0. The van der Waals surface area contributed by atoms with Crippen molar-refractivity contribution in [3.63, 3.8) is 0 Å². The highest BCUT2D eigenvalue weighted by molar-refractivity contribution is 5.98. The number of nitrogens with one attached hydrogen (secondary N) is 2. The first-order valence-corrected chi connectivity index (χ1v) is 5.24. The molecule has 0 radical (unpaired) electrons. The van der Waals surface area contributed by atoms with E-state index in [4.69, 9.17) is 0 Å². The summed E-state index contributed by atoms with van der Waals surface area (Å²) in [6.07, 6.45) is 0. The van der Waals surface area contributed by atoms with Crippen molar-refractivity contribution in [2.24, 2.45) is 5.92 Å². The van der Waals surface area contributed by atoms with E-state index in [9.17, 15) is 4.79 Å². The van der Waals surface area contributed by atoms with E-state index in [1.165, 1.54) is 11.1 Å². The standard InChI is InChI=1S/C12H16N2O/c1-7-4-5-10-11(9(7)3)13-6-8(2)12(15)14-10/h4-5,8,13H,6H2,1-3H3,(H,14,15). The molecule has 0 bridgehead atoms. The molecule has 1 aromatic rings. The number of hydrogen-bond acceptors (Lipinski definition) is 2. The van der Waals surface area contributed by atoms with Gasteiger partial charge in [-0.15, -0.1) is 0 Å². The van der Waals surface area contributed by atoms with Crippen LogP contribution >= 0.6 is 0 Å². The van der Waals surface area contributed by atoms with Gasteiger partial charge >= 0.3 is 0 Å². The van der Waals surface area contributed by atoms with Crippen LogP contribution in [0.4, 0.5) is 11.4 Å². The molecule has 0 saturated carbocycles. The number of amides is 1. The van der Waals surface area contributed by atoms with Gasteiger partial charge < -0.3 is 10.6 Å². The topological polar surface area (TPSA) is 41.1 Å². The van der Waals surface area contributed by atoms with E-state index in [0.29, 0.717) is 6.54 Å². The lowest BCUT2D eigenvalue weighted by molar-refractivity contribution is -0.118. The van der Waals surface area contributed by atoms with Gasteiger partial charge in [-0.1, -0.05) is 13.0 Å². The summed E-state index contributed by atoms with van der Waals surface area (Å²) < 4.78 is 0. The first-order chi connectivity index (χ1) is 7.09. The van der Waals surface area contributed by atoms with Crippen LogP contribution in [-0.4, -0.2) is 12.5 Å². The van der Waals surface area contributed by atoms with Gasteiger partial charge in [0, 0.05) is 6.54 Å². The monoisotopic (exact) mass is 204 g/mol. The normalized spacial score (nSPS) is 19.9. The quantitative estimate of drug-likeness (QED) is 0.681. The highest BCUT2D eigenvalue weighted by atomic mass is 16.1. The Morgan fingerprint density at radius 2 is 2.07 bits per heavy atom. The van der Waals surface area contributed by atoms with Crippen LogP contribution < -0.4 is 10.6 Å². The van der Waals surface area contributed by atoms with E-state index >= 15 is 0 Å². The molecule has 1 atom stereocenters. The Kier molecular flexibility index (Phi) is 2.39. The Morgan fingerprint density at radius 1 is 1.33 bits per heavy atom. The number of rotatable bonds is 0. The summed E-state index contributed by atoms with van der Waals surface area (Å²) in [7, 11) is 0. The van der Waals surface area contributed by atoms with E-state index in [0.717, 1.165) is 11.4 Å². The molecule has 2 rings (SSSR count). The minimum Gasteiger partial charge on any atom is -0.382 e. The van der Waals surface area contributed by atoms with Crippen molar-refractivity contribution in [3.8, 4) is 0 Å². The lowest BCUT2D eigenvalue weighted by atomic mass is 10.1. The summed E-state index contributed by atoms with van der Waals surface area (Å²) in [6, 6.07) is 3.99. The highest BCUT2D eigenvalue weighted by Crippen LogP contribution is 2.30. The predicted octanol–water partition coefficient (Wildman–Crippen LogP) is 2.30. The van der Waals surface area contributed by atoms with Crippen molar-refractivity contribution < 1.29 is 4.79 Å². The van der Waals surface area contributed by atoms with Crippen LogP contribution in [0.2, 0.25) is 0 Å². The molecule has 0 aliphatic carbocycles. The molecule has 0 spiro atoms. The van der Waals surface area contributed by atoms with Gasteiger partial charge in [0.1, 0.15) is 0 Å². The van der Waals surface area contributed by atoms with Gasteiger partial charge in [0.25, 0.3) is 0 Å². The second-order valence-corrected chi connectivity index (χ2v) is 4.20. The van der Waals surface area contributed by atoms with Crippen molar-refractivity contribution in [3.05, 3.63) is 23.3 Å². The first kappa shape index (κ1) is 10.0. The molecule has 1 unspecified atom stereocenters. The molecule has 1 amide bonds. The SMILES string of the molecule is Cc1ccc2c(c1C)NCC(C)C(=O)N2. The van der Waals surface area contributed by atoms with Crippen LogP contribution in [0.15, 0.2) is 12.1 Å². The minimum absolute atomic E-state index is 0.0112. The summed E-state index contributed by atoms with van der Waals surface area (Å²) in [5.74, 6) is 0.0987. The van der Waals surface area contributed by atoms with Gasteiger partial charge in [-0.2, -0.15) is 0 Å². The van der Waals surface area contributed by atoms with Crippen LogP contribution in [-0.2, 0) is 4.79 Å². The van der Waals surface area contributed by atoms with Crippen LogP contribution in [0.1, 0.15) is 18.1 Å². The number of fused-ring (bicyclic) bond motifs is 1. The van der Waals surface area contributed by atoms with Gasteiger partial charge in [0.15, 0.2) is 0 Å². The Hall–Kier alpha value is -1.51. The van der Waals surface area contributed by atoms with Gasteiger partial charge in [0.2, 0.25) is 5.91 Å². The summed E-state index contributed by atoms with van der Waals surface area (Å²) in [5, 5.41) is 6.27. The third kappa shape index (κ3) is 1.69. The Labute approximate surface area is 89.9 Å². The molecule has 1 aliphatic heterocycles. The largest absolute Gasteiger partial charge is 0.382 e. The summed E-state index contributed by atoms with van der Waals surface area (Å²) in [4.78, 5) is 11.6. The molecule has 0 aromatic heterocycles. The average Bonchev–Trinajstić information content (AvgIpc) is 2.35. The zero-order valence-electron chi connectivity index (χ0n) is 9.35. The number of carbonyl (C=O) groups is 1. The molecular formula is C12H16N2O. The molecule has 3 nitrogen and oxygen atoms in total. The maximum absolute atomic E-state index is 11.6. The molecule has 80 valence electrons. The van der Waals surface area contributed by atoms with E-state index in [1.54, 1.807) is 0 Å². The Bertz CT molecular complexity index is 412. The number of carbonyl (C=O) groups excluding carboxylic acids is 1. The van der Waals surface area contributed by atoms with Gasteiger partial charge in [-0.05, 0) is 31.0 Å². The zero-order valence-corrected chi connectivity index (χ0v) is 9.35. The van der Waals surface area contributed by atoms with E-state index < -0.39 is 0 Å². The average molecular weight is 204 g/mol. The zero-order chi connectivity index (χ0) is 11.0. The van der Waals surface area contributed by atoms with Crippen LogP contribution in [0.5, 0.6) is 0 Å². The van der Waals surface area contributed by atoms with E-state index in [1.807, 2.05) is 19.1 Å². The highest BCUT2D eigenvalue weighted by Gasteiger charge is 2.20. The molecule has 1 aliphatic rings. The lowest BCUT2D eigenvalue weighted by Crippen LogP contribution is -2.22. The molecule has 1 heterocycles. The van der Waals surface area contributed by atoms with Crippen molar-refractivity contribution in [2.75, 3.05) is 17.2 Å². The molecule has 2 N–H and O–H groups in total. The number of anilines is 2. The number of benzene rings is 1. The third-order valence-corrected chi connectivity index (χ3v) is 3.03. The van der Waals surface area contributed by atoms with Crippen molar-refractivity contribution in [1.82, 2.24) is 0 Å². The van der Waals surface area contributed by atoms with E-state index in [2.05, 4.69) is 24.5 Å². The first-order valence-electron chi connectivity index (χ1n) is 5.24.